The summed E-state index contributed by atoms with van der Waals surface area (Å²) < 4.78 is 0.777. The molecule has 1 aromatic heterocycles. The molecule has 2 aromatic carbocycles. The van der Waals surface area contributed by atoms with Gasteiger partial charge in [-0.1, -0.05) is 65.6 Å². The summed E-state index contributed by atoms with van der Waals surface area (Å²) in [5, 5.41) is 12.3. The van der Waals surface area contributed by atoms with E-state index in [0.717, 1.165) is 20.7 Å². The molecule has 1 atom stereocenters. The molecule has 3 rings (SSSR count). The van der Waals surface area contributed by atoms with Crippen LogP contribution in [-0.4, -0.2) is 33.8 Å². The van der Waals surface area contributed by atoms with Crippen molar-refractivity contribution < 1.29 is 4.79 Å². The van der Waals surface area contributed by atoms with E-state index in [1.807, 2.05) is 69.4 Å². The molecule has 5 nitrogen and oxygen atoms in total. The summed E-state index contributed by atoms with van der Waals surface area (Å²) in [6.07, 6.45) is 0. The van der Waals surface area contributed by atoms with E-state index in [9.17, 15) is 4.79 Å². The highest BCUT2D eigenvalue weighted by Crippen LogP contribution is 2.28. The largest absolute Gasteiger partial charge is 0.338 e. The second-order valence-corrected chi connectivity index (χ2v) is 8.45. The van der Waals surface area contributed by atoms with Crippen LogP contribution in [0.2, 0.25) is 0 Å². The standard InChI is InChI=1S/C20H22N4OS2/c1-14-8-7-11-17(12-14)21-19-22-23-20(27-19)26-13-18(25)24(3)15(2)16-9-5-4-6-10-16/h4-12,15H,13H2,1-3H3,(H,21,22)/t15-/m1/s1. The Morgan fingerprint density at radius 1 is 1.19 bits per heavy atom. The van der Waals surface area contributed by atoms with Crippen molar-refractivity contribution in [1.29, 1.82) is 0 Å². The number of hydrogen-bond acceptors (Lipinski definition) is 6. The van der Waals surface area contributed by atoms with Gasteiger partial charge in [-0.2, -0.15) is 0 Å². The highest BCUT2D eigenvalue weighted by Gasteiger charge is 2.18. The molecule has 0 unspecified atom stereocenters. The maximum atomic E-state index is 12.5. The number of aromatic nitrogens is 2. The van der Waals surface area contributed by atoms with Gasteiger partial charge in [0.1, 0.15) is 0 Å². The lowest BCUT2D eigenvalue weighted by Gasteiger charge is -2.25. The monoisotopic (exact) mass is 398 g/mol. The fourth-order valence-corrected chi connectivity index (χ4v) is 4.26. The SMILES string of the molecule is Cc1cccc(Nc2nnc(SCC(=O)N(C)[C@H](C)c3ccccc3)s2)c1. The van der Waals surface area contributed by atoms with Gasteiger partial charge < -0.3 is 10.2 Å². The van der Waals surface area contributed by atoms with Gasteiger partial charge in [0.25, 0.3) is 0 Å². The molecule has 0 saturated carbocycles. The molecule has 1 amide bonds. The first kappa shape index (κ1) is 19.4. The summed E-state index contributed by atoms with van der Waals surface area (Å²) in [6.45, 7) is 4.08. The highest BCUT2D eigenvalue weighted by molar-refractivity contribution is 8.01. The lowest BCUT2D eigenvalue weighted by molar-refractivity contribution is -0.128. The van der Waals surface area contributed by atoms with Gasteiger partial charge in [0.15, 0.2) is 4.34 Å². The molecular weight excluding hydrogens is 376 g/mol. The van der Waals surface area contributed by atoms with Gasteiger partial charge in [-0.05, 0) is 37.1 Å². The van der Waals surface area contributed by atoms with Gasteiger partial charge in [-0.3, -0.25) is 4.79 Å². The second-order valence-electron chi connectivity index (χ2n) is 6.25. The number of carbonyl (C=O) groups is 1. The lowest BCUT2D eigenvalue weighted by atomic mass is 10.1. The Morgan fingerprint density at radius 3 is 2.70 bits per heavy atom. The molecular formula is C20H22N4OS2. The molecule has 3 aromatic rings. The number of amides is 1. The van der Waals surface area contributed by atoms with Crippen molar-refractivity contribution in [3.8, 4) is 0 Å². The number of anilines is 2. The van der Waals surface area contributed by atoms with Crippen molar-refractivity contribution in [1.82, 2.24) is 15.1 Å². The summed E-state index contributed by atoms with van der Waals surface area (Å²) in [5.41, 5.74) is 3.29. The van der Waals surface area contributed by atoms with Crippen LogP contribution in [0.25, 0.3) is 0 Å². The molecule has 0 aliphatic carbocycles. The average Bonchev–Trinajstić information content (AvgIpc) is 3.13. The molecule has 0 aliphatic heterocycles. The second kappa shape index (κ2) is 9.01. The third-order valence-electron chi connectivity index (χ3n) is 4.25. The van der Waals surface area contributed by atoms with E-state index in [1.165, 1.54) is 28.7 Å². The first-order chi connectivity index (χ1) is 13.0. The summed E-state index contributed by atoms with van der Waals surface area (Å²) in [4.78, 5) is 14.3. The Kier molecular flexibility index (Phi) is 6.47. The zero-order valence-electron chi connectivity index (χ0n) is 15.5. The molecule has 7 heteroatoms. The molecule has 0 radical (unpaired) electrons. The van der Waals surface area contributed by atoms with E-state index in [4.69, 9.17) is 0 Å². The zero-order chi connectivity index (χ0) is 19.2. The first-order valence-electron chi connectivity index (χ1n) is 8.63. The molecule has 1 heterocycles. The number of thioether (sulfide) groups is 1. The van der Waals surface area contributed by atoms with E-state index in [2.05, 4.69) is 21.6 Å². The van der Waals surface area contributed by atoms with Gasteiger partial charge in [0.2, 0.25) is 11.0 Å². The third-order valence-corrected chi connectivity index (χ3v) is 6.21. The summed E-state index contributed by atoms with van der Waals surface area (Å²) in [6, 6.07) is 18.2. The minimum Gasteiger partial charge on any atom is -0.338 e. The molecule has 140 valence electrons. The third kappa shape index (κ3) is 5.30. The van der Waals surface area contributed by atoms with Crippen LogP contribution in [0.4, 0.5) is 10.8 Å². The number of hydrogen-bond donors (Lipinski definition) is 1. The van der Waals surface area contributed by atoms with Gasteiger partial charge in [0, 0.05) is 12.7 Å². The normalized spacial score (nSPS) is 11.8. The fourth-order valence-electron chi connectivity index (χ4n) is 2.56. The predicted octanol–water partition coefficient (Wildman–Crippen LogP) is 4.90. The molecule has 0 saturated heterocycles. The number of benzene rings is 2. The van der Waals surface area contributed by atoms with Crippen molar-refractivity contribution in [2.75, 3.05) is 18.1 Å². The smallest absolute Gasteiger partial charge is 0.233 e. The summed E-state index contributed by atoms with van der Waals surface area (Å²) >= 11 is 2.87. The molecule has 27 heavy (non-hydrogen) atoms. The molecule has 0 aliphatic rings. The lowest BCUT2D eigenvalue weighted by Crippen LogP contribution is -2.31. The highest BCUT2D eigenvalue weighted by atomic mass is 32.2. The van der Waals surface area contributed by atoms with Crippen LogP contribution >= 0.6 is 23.1 Å². The topological polar surface area (TPSA) is 58.1 Å². The maximum Gasteiger partial charge on any atom is 0.233 e. The number of aryl methyl sites for hydroxylation is 1. The summed E-state index contributed by atoms with van der Waals surface area (Å²) in [5.74, 6) is 0.409. The number of nitrogens with one attached hydrogen (secondary N) is 1. The molecule has 0 bridgehead atoms. The van der Waals surface area contributed by atoms with Gasteiger partial charge in [-0.15, -0.1) is 10.2 Å². The van der Waals surface area contributed by atoms with Crippen LogP contribution in [0, 0.1) is 6.92 Å². The molecule has 0 spiro atoms. The van der Waals surface area contributed by atoms with Crippen LogP contribution in [0.3, 0.4) is 0 Å². The Hall–Kier alpha value is -2.38. The quantitative estimate of drug-likeness (QED) is 0.574. The zero-order valence-corrected chi connectivity index (χ0v) is 17.2. The van der Waals surface area contributed by atoms with E-state index >= 15 is 0 Å². The minimum absolute atomic E-state index is 0.0345. The van der Waals surface area contributed by atoms with Crippen molar-refractivity contribution in [3.63, 3.8) is 0 Å². The Balaban J connectivity index is 1.54. The molecule has 1 N–H and O–H groups in total. The predicted molar refractivity (Wildman–Crippen MR) is 113 cm³/mol. The number of rotatable bonds is 7. The Bertz CT molecular complexity index is 898. The minimum atomic E-state index is 0.0345. The average molecular weight is 399 g/mol. The van der Waals surface area contributed by atoms with Crippen molar-refractivity contribution in [2.24, 2.45) is 0 Å². The van der Waals surface area contributed by atoms with Gasteiger partial charge >= 0.3 is 0 Å². The fraction of sp³-hybridized carbons (Fsp3) is 0.250. The van der Waals surface area contributed by atoms with E-state index < -0.39 is 0 Å². The Labute approximate surface area is 167 Å². The van der Waals surface area contributed by atoms with E-state index in [-0.39, 0.29) is 11.9 Å². The van der Waals surface area contributed by atoms with E-state index in [1.54, 1.807) is 4.90 Å². The maximum absolute atomic E-state index is 12.5. The molecule has 0 fully saturated rings. The van der Waals surface area contributed by atoms with Gasteiger partial charge in [0.05, 0.1) is 11.8 Å². The van der Waals surface area contributed by atoms with Crippen LogP contribution < -0.4 is 5.32 Å². The number of carbonyl (C=O) groups excluding carboxylic acids is 1. The Morgan fingerprint density at radius 2 is 1.96 bits per heavy atom. The van der Waals surface area contributed by atoms with Crippen molar-refractivity contribution in [3.05, 3.63) is 65.7 Å². The first-order valence-corrected chi connectivity index (χ1v) is 10.4. The van der Waals surface area contributed by atoms with Crippen LogP contribution in [0.1, 0.15) is 24.1 Å². The van der Waals surface area contributed by atoms with Crippen molar-refractivity contribution >= 4 is 39.8 Å². The van der Waals surface area contributed by atoms with Crippen LogP contribution in [0.5, 0.6) is 0 Å². The van der Waals surface area contributed by atoms with Crippen molar-refractivity contribution in [2.45, 2.75) is 24.2 Å². The van der Waals surface area contributed by atoms with Gasteiger partial charge in [-0.25, -0.2) is 0 Å². The van der Waals surface area contributed by atoms with Crippen LogP contribution in [-0.2, 0) is 4.79 Å². The van der Waals surface area contributed by atoms with E-state index in [0.29, 0.717) is 5.75 Å². The number of nitrogens with zero attached hydrogens (tertiary/aromatic N) is 3. The van der Waals surface area contributed by atoms with Crippen LogP contribution in [0.15, 0.2) is 58.9 Å². The summed E-state index contributed by atoms with van der Waals surface area (Å²) in [7, 11) is 1.84.